The summed E-state index contributed by atoms with van der Waals surface area (Å²) in [6.07, 6.45) is 4.56. The molecule has 0 bridgehead atoms. The standard InChI is InChI=1S/C21H25NO5/c1-15(20(23)22-16-8-4-2-5-9-16)26-21(24)19-13-12-18(27-19)14-25-17-10-6-3-7-11-17/h3,6-7,10-13,15-16H,2,4-5,8-9,14H2,1H3,(H,22,23). The van der Waals surface area contributed by atoms with Gasteiger partial charge in [-0.1, -0.05) is 37.5 Å². The number of esters is 1. The minimum atomic E-state index is -0.867. The van der Waals surface area contributed by atoms with E-state index in [4.69, 9.17) is 13.9 Å². The zero-order chi connectivity index (χ0) is 19.1. The summed E-state index contributed by atoms with van der Waals surface area (Å²) in [6.45, 7) is 1.77. The molecule has 2 aromatic rings. The lowest BCUT2D eigenvalue weighted by Gasteiger charge is -2.24. The Bertz CT molecular complexity index is 749. The fourth-order valence-electron chi connectivity index (χ4n) is 3.07. The Morgan fingerprint density at radius 3 is 2.59 bits per heavy atom. The minimum Gasteiger partial charge on any atom is -0.486 e. The average molecular weight is 371 g/mol. The van der Waals surface area contributed by atoms with Crippen LogP contribution in [0.5, 0.6) is 5.75 Å². The molecule has 1 heterocycles. The molecule has 6 nitrogen and oxygen atoms in total. The summed E-state index contributed by atoms with van der Waals surface area (Å²) >= 11 is 0. The van der Waals surface area contributed by atoms with Gasteiger partial charge in [0.1, 0.15) is 18.1 Å². The molecule has 1 aromatic carbocycles. The molecule has 0 saturated heterocycles. The summed E-state index contributed by atoms with van der Waals surface area (Å²) < 4.78 is 16.3. The quantitative estimate of drug-likeness (QED) is 0.748. The van der Waals surface area contributed by atoms with Crippen molar-refractivity contribution >= 4 is 11.9 Å². The molecule has 27 heavy (non-hydrogen) atoms. The number of ether oxygens (including phenoxy) is 2. The van der Waals surface area contributed by atoms with E-state index in [-0.39, 0.29) is 24.3 Å². The predicted molar refractivity (Wildman–Crippen MR) is 99.4 cm³/mol. The summed E-state index contributed by atoms with van der Waals surface area (Å²) in [5, 5.41) is 2.95. The van der Waals surface area contributed by atoms with Crippen molar-refractivity contribution in [3.05, 3.63) is 54.0 Å². The van der Waals surface area contributed by atoms with Crippen LogP contribution in [0.3, 0.4) is 0 Å². The number of amides is 1. The number of hydrogen-bond donors (Lipinski definition) is 1. The molecule has 1 aliphatic rings. The molecule has 144 valence electrons. The number of rotatable bonds is 7. The Morgan fingerprint density at radius 1 is 1.11 bits per heavy atom. The van der Waals surface area contributed by atoms with Crippen molar-refractivity contribution in [1.29, 1.82) is 0 Å². The van der Waals surface area contributed by atoms with E-state index in [1.165, 1.54) is 12.5 Å². The number of carbonyl (C=O) groups excluding carboxylic acids is 2. The number of furan rings is 1. The molecule has 1 unspecified atom stereocenters. The molecule has 3 rings (SSSR count). The molecule has 1 aliphatic carbocycles. The number of benzene rings is 1. The van der Waals surface area contributed by atoms with E-state index in [1.54, 1.807) is 13.0 Å². The zero-order valence-corrected chi connectivity index (χ0v) is 15.5. The normalized spacial score (nSPS) is 15.7. The third kappa shape index (κ3) is 5.61. The van der Waals surface area contributed by atoms with Crippen molar-refractivity contribution < 1.29 is 23.5 Å². The van der Waals surface area contributed by atoms with Crippen LogP contribution in [0.1, 0.15) is 55.3 Å². The smallest absolute Gasteiger partial charge is 0.375 e. The molecule has 1 fully saturated rings. The van der Waals surface area contributed by atoms with Crippen molar-refractivity contribution in [3.63, 3.8) is 0 Å². The fourth-order valence-corrected chi connectivity index (χ4v) is 3.07. The van der Waals surface area contributed by atoms with Crippen molar-refractivity contribution in [2.45, 2.75) is 57.8 Å². The summed E-state index contributed by atoms with van der Waals surface area (Å²) in [5.41, 5.74) is 0. The first-order valence-electron chi connectivity index (χ1n) is 9.40. The monoisotopic (exact) mass is 371 g/mol. The second kappa shape index (κ2) is 9.26. The van der Waals surface area contributed by atoms with Gasteiger partial charge in [-0.05, 0) is 44.0 Å². The number of hydrogen-bond acceptors (Lipinski definition) is 5. The summed E-state index contributed by atoms with van der Waals surface area (Å²) in [5.74, 6) is 0.344. The first-order valence-corrected chi connectivity index (χ1v) is 9.40. The maximum absolute atomic E-state index is 12.2. The Balaban J connectivity index is 1.47. The second-order valence-electron chi connectivity index (χ2n) is 6.76. The van der Waals surface area contributed by atoms with Crippen LogP contribution in [0.4, 0.5) is 0 Å². The van der Waals surface area contributed by atoms with Gasteiger partial charge in [-0.2, -0.15) is 0 Å². The van der Waals surface area contributed by atoms with Crippen LogP contribution in [0, 0.1) is 0 Å². The van der Waals surface area contributed by atoms with E-state index in [0.717, 1.165) is 25.7 Å². The SMILES string of the molecule is CC(OC(=O)c1ccc(COc2ccccc2)o1)C(=O)NC1CCCCC1. The highest BCUT2D eigenvalue weighted by molar-refractivity contribution is 5.90. The lowest BCUT2D eigenvalue weighted by molar-refractivity contribution is -0.130. The van der Waals surface area contributed by atoms with E-state index in [1.807, 2.05) is 30.3 Å². The lowest BCUT2D eigenvalue weighted by Crippen LogP contribution is -2.42. The van der Waals surface area contributed by atoms with Crippen molar-refractivity contribution in [3.8, 4) is 5.75 Å². The van der Waals surface area contributed by atoms with Gasteiger partial charge < -0.3 is 19.2 Å². The number of nitrogens with one attached hydrogen (secondary N) is 1. The topological polar surface area (TPSA) is 77.8 Å². The fraction of sp³-hybridized carbons (Fsp3) is 0.429. The summed E-state index contributed by atoms with van der Waals surface area (Å²) in [7, 11) is 0. The highest BCUT2D eigenvalue weighted by Crippen LogP contribution is 2.18. The van der Waals surface area contributed by atoms with Gasteiger partial charge in [-0.25, -0.2) is 4.79 Å². The van der Waals surface area contributed by atoms with Gasteiger partial charge in [0.2, 0.25) is 5.76 Å². The molecule has 1 N–H and O–H groups in total. The van der Waals surface area contributed by atoms with E-state index in [2.05, 4.69) is 5.32 Å². The highest BCUT2D eigenvalue weighted by Gasteiger charge is 2.24. The van der Waals surface area contributed by atoms with Gasteiger partial charge in [0.25, 0.3) is 5.91 Å². The molecule has 6 heteroatoms. The molecule has 0 aliphatic heterocycles. The molecule has 0 radical (unpaired) electrons. The van der Waals surface area contributed by atoms with E-state index in [0.29, 0.717) is 11.5 Å². The lowest BCUT2D eigenvalue weighted by atomic mass is 9.95. The number of carbonyl (C=O) groups is 2. The highest BCUT2D eigenvalue weighted by atomic mass is 16.6. The van der Waals surface area contributed by atoms with Crippen LogP contribution in [0.2, 0.25) is 0 Å². The number of para-hydroxylation sites is 1. The van der Waals surface area contributed by atoms with E-state index in [9.17, 15) is 9.59 Å². The van der Waals surface area contributed by atoms with Crippen LogP contribution >= 0.6 is 0 Å². The summed E-state index contributed by atoms with van der Waals surface area (Å²) in [4.78, 5) is 24.4. The maximum Gasteiger partial charge on any atom is 0.375 e. The molecule has 1 aromatic heterocycles. The molecule has 1 saturated carbocycles. The maximum atomic E-state index is 12.2. The van der Waals surface area contributed by atoms with Gasteiger partial charge in [0, 0.05) is 6.04 Å². The second-order valence-corrected chi connectivity index (χ2v) is 6.76. The molecular formula is C21H25NO5. The van der Waals surface area contributed by atoms with Gasteiger partial charge in [-0.15, -0.1) is 0 Å². The third-order valence-electron chi connectivity index (χ3n) is 4.59. The van der Waals surface area contributed by atoms with Crippen molar-refractivity contribution in [2.75, 3.05) is 0 Å². The molecule has 0 spiro atoms. The third-order valence-corrected chi connectivity index (χ3v) is 4.59. The molecular weight excluding hydrogens is 346 g/mol. The van der Waals surface area contributed by atoms with Crippen LogP contribution in [0.25, 0.3) is 0 Å². The van der Waals surface area contributed by atoms with Gasteiger partial charge in [0.05, 0.1) is 0 Å². The van der Waals surface area contributed by atoms with Crippen molar-refractivity contribution in [1.82, 2.24) is 5.32 Å². The van der Waals surface area contributed by atoms with Gasteiger partial charge >= 0.3 is 5.97 Å². The predicted octanol–water partition coefficient (Wildman–Crippen LogP) is 3.85. The Morgan fingerprint density at radius 2 is 1.85 bits per heavy atom. The minimum absolute atomic E-state index is 0.0546. The Hall–Kier alpha value is -2.76. The van der Waals surface area contributed by atoms with Gasteiger partial charge in [0.15, 0.2) is 6.10 Å². The largest absolute Gasteiger partial charge is 0.486 e. The summed E-state index contributed by atoms with van der Waals surface area (Å²) in [6, 6.07) is 12.7. The first-order chi connectivity index (χ1) is 13.1. The van der Waals surface area contributed by atoms with Crippen LogP contribution in [0.15, 0.2) is 46.9 Å². The van der Waals surface area contributed by atoms with E-state index < -0.39 is 12.1 Å². The van der Waals surface area contributed by atoms with Crippen LogP contribution in [-0.2, 0) is 16.1 Å². The van der Waals surface area contributed by atoms with Crippen LogP contribution < -0.4 is 10.1 Å². The van der Waals surface area contributed by atoms with E-state index >= 15 is 0 Å². The van der Waals surface area contributed by atoms with Crippen LogP contribution in [-0.4, -0.2) is 24.0 Å². The molecule has 1 atom stereocenters. The Labute approximate surface area is 158 Å². The Kier molecular flexibility index (Phi) is 6.52. The first kappa shape index (κ1) is 19.0. The zero-order valence-electron chi connectivity index (χ0n) is 15.5. The molecule has 1 amide bonds. The van der Waals surface area contributed by atoms with Gasteiger partial charge in [-0.3, -0.25) is 4.79 Å². The average Bonchev–Trinajstić information content (AvgIpc) is 3.17. The van der Waals surface area contributed by atoms with Crippen molar-refractivity contribution in [2.24, 2.45) is 0 Å².